The molecule has 6 heteroatoms. The van der Waals surface area contributed by atoms with E-state index in [1.165, 1.54) is 6.33 Å². The Bertz CT molecular complexity index is 552. The predicted molar refractivity (Wildman–Crippen MR) is 73.4 cm³/mol. The van der Waals surface area contributed by atoms with Crippen LogP contribution in [0.25, 0.3) is 0 Å². The highest BCUT2D eigenvalue weighted by Gasteiger charge is 2.08. The van der Waals surface area contributed by atoms with Crippen LogP contribution in [0.4, 0.5) is 5.82 Å². The van der Waals surface area contributed by atoms with Crippen molar-refractivity contribution in [1.82, 2.24) is 19.7 Å². The number of nitrogens with one attached hydrogen (secondary N) is 1. The molecule has 1 N–H and O–H groups in total. The molecule has 2 aromatic rings. The number of hydrogen-bond donors (Lipinski definition) is 1. The molecule has 6 nitrogen and oxygen atoms in total. The van der Waals surface area contributed by atoms with Gasteiger partial charge in [-0.2, -0.15) is 5.10 Å². The lowest BCUT2D eigenvalue weighted by Gasteiger charge is -2.15. The van der Waals surface area contributed by atoms with E-state index in [-0.39, 0.29) is 6.04 Å². The van der Waals surface area contributed by atoms with Gasteiger partial charge in [-0.3, -0.25) is 4.68 Å². The van der Waals surface area contributed by atoms with Crippen LogP contribution in [0.2, 0.25) is 0 Å². The van der Waals surface area contributed by atoms with Gasteiger partial charge in [0, 0.05) is 17.8 Å². The monoisotopic (exact) mass is 261 g/mol. The summed E-state index contributed by atoms with van der Waals surface area (Å²) in [4.78, 5) is 8.14. The van der Waals surface area contributed by atoms with Gasteiger partial charge in [0.05, 0.1) is 19.3 Å². The highest BCUT2D eigenvalue weighted by molar-refractivity contribution is 5.37. The van der Waals surface area contributed by atoms with E-state index in [9.17, 15) is 0 Å². The molecule has 0 aliphatic rings. The quantitative estimate of drug-likeness (QED) is 0.889. The van der Waals surface area contributed by atoms with Crippen LogP contribution in [0.1, 0.15) is 18.3 Å². The van der Waals surface area contributed by atoms with Crippen LogP contribution >= 0.6 is 0 Å². The number of anilines is 1. The zero-order valence-electron chi connectivity index (χ0n) is 11.7. The molecule has 2 aromatic heterocycles. The molecule has 0 saturated heterocycles. The van der Waals surface area contributed by atoms with Crippen molar-refractivity contribution in [3.05, 3.63) is 29.8 Å². The smallest absolute Gasteiger partial charge is 0.218 e. The second-order valence-electron chi connectivity index (χ2n) is 4.60. The lowest BCUT2D eigenvalue weighted by atomic mass is 10.3. The molecular weight excluding hydrogens is 242 g/mol. The Morgan fingerprint density at radius 2 is 2.11 bits per heavy atom. The molecule has 0 amide bonds. The van der Waals surface area contributed by atoms with Crippen LogP contribution in [0.15, 0.2) is 18.5 Å². The predicted octanol–water partition coefficient (Wildman–Crippen LogP) is 1.80. The van der Waals surface area contributed by atoms with Crippen molar-refractivity contribution < 1.29 is 4.74 Å². The fourth-order valence-electron chi connectivity index (χ4n) is 1.95. The van der Waals surface area contributed by atoms with E-state index >= 15 is 0 Å². The molecule has 0 aliphatic carbocycles. The third-order valence-corrected chi connectivity index (χ3v) is 2.80. The maximum Gasteiger partial charge on any atom is 0.218 e. The van der Waals surface area contributed by atoms with Gasteiger partial charge < -0.3 is 10.1 Å². The molecular formula is C13H19N5O. The third kappa shape index (κ3) is 3.43. The standard InChI is InChI=1S/C13H19N5O/c1-9-5-11(3)18(17-9)7-10(2)16-12-6-13(19-4)15-8-14-12/h5-6,8,10H,7H2,1-4H3,(H,14,15,16). The van der Waals surface area contributed by atoms with Crippen LogP contribution in [-0.2, 0) is 6.54 Å². The van der Waals surface area contributed by atoms with Gasteiger partial charge in [-0.1, -0.05) is 0 Å². The molecule has 102 valence electrons. The Balaban J connectivity index is 2.00. The van der Waals surface area contributed by atoms with E-state index in [1.807, 2.05) is 11.6 Å². The van der Waals surface area contributed by atoms with Crippen LogP contribution in [0.5, 0.6) is 5.88 Å². The summed E-state index contributed by atoms with van der Waals surface area (Å²) < 4.78 is 7.06. The topological polar surface area (TPSA) is 64.9 Å². The average Bonchev–Trinajstić information content (AvgIpc) is 2.68. The van der Waals surface area contributed by atoms with E-state index < -0.39 is 0 Å². The van der Waals surface area contributed by atoms with Gasteiger partial charge in [-0.15, -0.1) is 0 Å². The van der Waals surface area contributed by atoms with Gasteiger partial charge in [-0.05, 0) is 26.8 Å². The van der Waals surface area contributed by atoms with E-state index in [0.29, 0.717) is 5.88 Å². The van der Waals surface area contributed by atoms with Gasteiger partial charge in [-0.25, -0.2) is 9.97 Å². The van der Waals surface area contributed by atoms with Crippen LogP contribution in [-0.4, -0.2) is 32.9 Å². The molecule has 0 bridgehead atoms. The van der Waals surface area contributed by atoms with Crippen molar-refractivity contribution in [2.24, 2.45) is 0 Å². The van der Waals surface area contributed by atoms with E-state index in [0.717, 1.165) is 23.8 Å². The SMILES string of the molecule is COc1cc(NC(C)Cn2nc(C)cc2C)ncn1. The normalized spacial score (nSPS) is 12.2. The van der Waals surface area contributed by atoms with E-state index in [2.05, 4.69) is 40.3 Å². The van der Waals surface area contributed by atoms with Crippen molar-refractivity contribution in [2.75, 3.05) is 12.4 Å². The Labute approximate surface area is 112 Å². The molecule has 2 rings (SSSR count). The maximum absolute atomic E-state index is 5.07. The number of methoxy groups -OCH3 is 1. The number of aromatic nitrogens is 4. The summed E-state index contributed by atoms with van der Waals surface area (Å²) >= 11 is 0. The first-order valence-corrected chi connectivity index (χ1v) is 6.22. The molecule has 19 heavy (non-hydrogen) atoms. The molecule has 2 heterocycles. The zero-order chi connectivity index (χ0) is 13.8. The van der Waals surface area contributed by atoms with Crippen molar-refractivity contribution in [3.63, 3.8) is 0 Å². The number of ether oxygens (including phenoxy) is 1. The van der Waals surface area contributed by atoms with Crippen molar-refractivity contribution in [3.8, 4) is 5.88 Å². The van der Waals surface area contributed by atoms with Crippen LogP contribution in [0, 0.1) is 13.8 Å². The van der Waals surface area contributed by atoms with Crippen LogP contribution < -0.4 is 10.1 Å². The van der Waals surface area contributed by atoms with Gasteiger partial charge in [0.15, 0.2) is 0 Å². The zero-order valence-corrected chi connectivity index (χ0v) is 11.7. The maximum atomic E-state index is 5.07. The van der Waals surface area contributed by atoms with Gasteiger partial charge in [0.25, 0.3) is 0 Å². The summed E-state index contributed by atoms with van der Waals surface area (Å²) in [5, 5.41) is 7.75. The highest BCUT2D eigenvalue weighted by atomic mass is 16.5. The largest absolute Gasteiger partial charge is 0.481 e. The summed E-state index contributed by atoms with van der Waals surface area (Å²) in [6.45, 7) is 6.92. The van der Waals surface area contributed by atoms with Crippen molar-refractivity contribution >= 4 is 5.82 Å². The number of aryl methyl sites for hydroxylation is 2. The third-order valence-electron chi connectivity index (χ3n) is 2.80. The van der Waals surface area contributed by atoms with Gasteiger partial charge >= 0.3 is 0 Å². The minimum atomic E-state index is 0.206. The van der Waals surface area contributed by atoms with E-state index in [4.69, 9.17) is 4.74 Å². The number of nitrogens with zero attached hydrogens (tertiary/aromatic N) is 4. The first kappa shape index (κ1) is 13.3. The number of hydrogen-bond acceptors (Lipinski definition) is 5. The molecule has 0 radical (unpaired) electrons. The van der Waals surface area contributed by atoms with Crippen molar-refractivity contribution in [2.45, 2.75) is 33.4 Å². The second kappa shape index (κ2) is 5.69. The molecule has 0 aromatic carbocycles. The molecule has 1 atom stereocenters. The fourth-order valence-corrected chi connectivity index (χ4v) is 1.95. The molecule has 0 aliphatic heterocycles. The van der Waals surface area contributed by atoms with Crippen LogP contribution in [0.3, 0.4) is 0 Å². The second-order valence-corrected chi connectivity index (χ2v) is 4.60. The summed E-state index contributed by atoms with van der Waals surface area (Å²) in [6, 6.07) is 4.05. The van der Waals surface area contributed by atoms with Gasteiger partial charge in [0.2, 0.25) is 5.88 Å². The minimum Gasteiger partial charge on any atom is -0.481 e. The molecule has 0 saturated carbocycles. The first-order chi connectivity index (χ1) is 9.08. The molecule has 0 fully saturated rings. The Morgan fingerprint density at radius 3 is 2.74 bits per heavy atom. The molecule has 0 spiro atoms. The van der Waals surface area contributed by atoms with Gasteiger partial charge in [0.1, 0.15) is 12.1 Å². The lowest BCUT2D eigenvalue weighted by Crippen LogP contribution is -2.23. The Kier molecular flexibility index (Phi) is 3.99. The lowest BCUT2D eigenvalue weighted by molar-refractivity contribution is 0.397. The Morgan fingerprint density at radius 1 is 1.32 bits per heavy atom. The summed E-state index contributed by atoms with van der Waals surface area (Å²) in [5.74, 6) is 1.30. The molecule has 1 unspecified atom stereocenters. The summed E-state index contributed by atoms with van der Waals surface area (Å²) in [6.07, 6.45) is 1.48. The number of rotatable bonds is 5. The Hall–Kier alpha value is -2.11. The summed E-state index contributed by atoms with van der Waals surface area (Å²) in [5.41, 5.74) is 2.19. The average molecular weight is 261 g/mol. The minimum absolute atomic E-state index is 0.206. The highest BCUT2D eigenvalue weighted by Crippen LogP contribution is 2.12. The first-order valence-electron chi connectivity index (χ1n) is 6.22. The van der Waals surface area contributed by atoms with Crippen molar-refractivity contribution in [1.29, 1.82) is 0 Å². The van der Waals surface area contributed by atoms with E-state index in [1.54, 1.807) is 13.2 Å². The summed E-state index contributed by atoms with van der Waals surface area (Å²) in [7, 11) is 1.59. The fraction of sp³-hybridized carbons (Fsp3) is 0.462.